The van der Waals surface area contributed by atoms with Gasteiger partial charge in [0.15, 0.2) is 5.65 Å². The second-order valence-corrected chi connectivity index (χ2v) is 9.18. The van der Waals surface area contributed by atoms with Crippen LogP contribution in [0.25, 0.3) is 55.0 Å². The van der Waals surface area contributed by atoms with E-state index >= 15 is 0 Å². The molecule has 1 amide bonds. The quantitative estimate of drug-likeness (QED) is 0.270. The average Bonchev–Trinajstić information content (AvgIpc) is 3.63. The molecule has 3 N–H and O–H groups in total. The van der Waals surface area contributed by atoms with Gasteiger partial charge in [-0.3, -0.25) is 14.9 Å². The lowest BCUT2D eigenvalue weighted by molar-refractivity contribution is -0.116. The lowest BCUT2D eigenvalue weighted by atomic mass is 10.1. The molecule has 0 fully saturated rings. The average molecular weight is 480 g/mol. The summed E-state index contributed by atoms with van der Waals surface area (Å²) in [4.78, 5) is 30.0. The number of anilines is 1. The van der Waals surface area contributed by atoms with E-state index in [0.29, 0.717) is 17.8 Å². The molecule has 0 atom stereocenters. The molecule has 35 heavy (non-hydrogen) atoms. The number of aromatic amines is 2. The van der Waals surface area contributed by atoms with Crippen LogP contribution in [0.15, 0.2) is 66.6 Å². The highest BCUT2D eigenvalue weighted by Crippen LogP contribution is 2.35. The number of pyridine rings is 3. The molecule has 0 aliphatic carbocycles. The van der Waals surface area contributed by atoms with Gasteiger partial charge in [-0.1, -0.05) is 13.0 Å². The number of hydrogen-bond donors (Lipinski definition) is 3. The van der Waals surface area contributed by atoms with Crippen molar-refractivity contribution in [2.75, 3.05) is 5.32 Å². The molecule has 0 aromatic carbocycles. The van der Waals surface area contributed by atoms with Crippen LogP contribution in [0.3, 0.4) is 0 Å². The van der Waals surface area contributed by atoms with Gasteiger partial charge in [0.1, 0.15) is 11.3 Å². The Kier molecular flexibility index (Phi) is 5.31. The van der Waals surface area contributed by atoms with Gasteiger partial charge >= 0.3 is 0 Å². The highest BCUT2D eigenvalue weighted by atomic mass is 32.1. The maximum atomic E-state index is 12.0. The summed E-state index contributed by atoms with van der Waals surface area (Å²) in [6.07, 6.45) is 8.28. The van der Waals surface area contributed by atoms with Crippen molar-refractivity contribution >= 4 is 45.0 Å². The fourth-order valence-corrected chi connectivity index (χ4v) is 4.95. The number of H-pyrrole nitrogens is 2. The van der Waals surface area contributed by atoms with Crippen LogP contribution in [0.1, 0.15) is 19.8 Å². The molecular formula is C26H21N7OS. The molecule has 8 nitrogen and oxygen atoms in total. The molecule has 0 bridgehead atoms. The van der Waals surface area contributed by atoms with E-state index in [-0.39, 0.29) is 5.91 Å². The molecule has 0 saturated heterocycles. The molecule has 0 saturated carbocycles. The van der Waals surface area contributed by atoms with E-state index in [9.17, 15) is 4.79 Å². The smallest absolute Gasteiger partial charge is 0.224 e. The second kappa shape index (κ2) is 8.77. The molecular weight excluding hydrogens is 458 g/mol. The summed E-state index contributed by atoms with van der Waals surface area (Å²) in [5.74, 6) is -0.0218. The largest absolute Gasteiger partial charge is 0.338 e. The number of rotatable bonds is 6. The minimum absolute atomic E-state index is 0.0218. The Morgan fingerprint density at radius 1 is 1.03 bits per heavy atom. The zero-order valence-corrected chi connectivity index (χ0v) is 19.7. The zero-order valence-electron chi connectivity index (χ0n) is 18.9. The van der Waals surface area contributed by atoms with Gasteiger partial charge in [-0.25, -0.2) is 9.97 Å². The third-order valence-corrected chi connectivity index (χ3v) is 6.73. The third kappa shape index (κ3) is 3.95. The Bertz CT molecular complexity index is 1670. The van der Waals surface area contributed by atoms with Crippen LogP contribution in [0, 0.1) is 0 Å². The SMILES string of the molecule is CCCC(=O)Nc1cncc(-c2cnc3[nH]nc(-c4cc5c(-c6cccs6)ccnc5[nH]4)c3c2)c1. The molecule has 6 aromatic rings. The molecule has 172 valence electrons. The fraction of sp³-hybridized carbons (Fsp3) is 0.115. The topological polar surface area (TPSA) is 112 Å². The third-order valence-electron chi connectivity index (χ3n) is 5.82. The van der Waals surface area contributed by atoms with E-state index < -0.39 is 0 Å². The maximum absolute atomic E-state index is 12.0. The fourth-order valence-electron chi connectivity index (χ4n) is 4.18. The van der Waals surface area contributed by atoms with Gasteiger partial charge in [0.2, 0.25) is 5.91 Å². The minimum Gasteiger partial charge on any atom is -0.338 e. The molecule has 0 aliphatic heterocycles. The van der Waals surface area contributed by atoms with E-state index in [2.05, 4.69) is 53.0 Å². The summed E-state index contributed by atoms with van der Waals surface area (Å²) in [5.41, 5.74) is 6.67. The first-order valence-electron chi connectivity index (χ1n) is 11.3. The number of nitrogens with one attached hydrogen (secondary N) is 3. The lowest BCUT2D eigenvalue weighted by Crippen LogP contribution is -2.10. The molecule has 0 aliphatic rings. The van der Waals surface area contributed by atoms with Gasteiger partial charge in [-0.15, -0.1) is 11.3 Å². The van der Waals surface area contributed by atoms with Crippen molar-refractivity contribution in [3.63, 3.8) is 0 Å². The number of thiophene rings is 1. The Balaban J connectivity index is 1.40. The van der Waals surface area contributed by atoms with Gasteiger partial charge in [0.25, 0.3) is 0 Å². The van der Waals surface area contributed by atoms with Gasteiger partial charge in [-0.05, 0) is 42.1 Å². The van der Waals surface area contributed by atoms with Crippen molar-refractivity contribution in [1.82, 2.24) is 30.1 Å². The second-order valence-electron chi connectivity index (χ2n) is 8.23. The number of carbonyl (C=O) groups is 1. The van der Waals surface area contributed by atoms with Crippen molar-refractivity contribution in [3.8, 4) is 33.0 Å². The molecule has 0 unspecified atom stereocenters. The van der Waals surface area contributed by atoms with Crippen LogP contribution in [0.2, 0.25) is 0 Å². The molecule has 0 radical (unpaired) electrons. The zero-order chi connectivity index (χ0) is 23.8. The normalized spacial score (nSPS) is 11.3. The maximum Gasteiger partial charge on any atom is 0.224 e. The van der Waals surface area contributed by atoms with Crippen molar-refractivity contribution in [1.29, 1.82) is 0 Å². The van der Waals surface area contributed by atoms with E-state index in [1.54, 1.807) is 29.9 Å². The highest BCUT2D eigenvalue weighted by Gasteiger charge is 2.16. The number of aromatic nitrogens is 6. The van der Waals surface area contributed by atoms with Crippen LogP contribution < -0.4 is 5.32 Å². The Morgan fingerprint density at radius 2 is 1.94 bits per heavy atom. The predicted molar refractivity (Wildman–Crippen MR) is 139 cm³/mol. The minimum atomic E-state index is -0.0218. The Hall–Kier alpha value is -4.37. The predicted octanol–water partition coefficient (Wildman–Crippen LogP) is 6.03. The number of fused-ring (bicyclic) bond motifs is 2. The summed E-state index contributed by atoms with van der Waals surface area (Å²) in [6.45, 7) is 1.98. The van der Waals surface area contributed by atoms with Gasteiger partial charge < -0.3 is 10.3 Å². The Labute approximate surface area is 204 Å². The standard InChI is InChI=1S/C26H21N7OS/c1-2-4-23(34)30-17-9-15(12-27-14-17)16-10-20-24(32-33-26(20)29-13-16)21-11-19-18(22-5-3-8-35-22)6-7-28-25(19)31-21/h3,5-14H,2,4H2,1H3,(H,28,31)(H,30,34)(H,29,32,33). The van der Waals surface area contributed by atoms with Crippen LogP contribution in [0.5, 0.6) is 0 Å². The molecule has 6 aromatic heterocycles. The molecule has 6 heterocycles. The van der Waals surface area contributed by atoms with Crippen LogP contribution >= 0.6 is 11.3 Å². The lowest BCUT2D eigenvalue weighted by Gasteiger charge is -2.07. The van der Waals surface area contributed by atoms with E-state index in [4.69, 9.17) is 0 Å². The van der Waals surface area contributed by atoms with Crippen molar-refractivity contribution in [2.45, 2.75) is 19.8 Å². The first-order chi connectivity index (χ1) is 17.2. The van der Waals surface area contributed by atoms with E-state index in [1.807, 2.05) is 37.4 Å². The first kappa shape index (κ1) is 21.2. The van der Waals surface area contributed by atoms with E-state index in [1.165, 1.54) is 4.88 Å². The highest BCUT2D eigenvalue weighted by molar-refractivity contribution is 7.13. The number of hydrogen-bond acceptors (Lipinski definition) is 6. The monoisotopic (exact) mass is 479 g/mol. The molecule has 6 rings (SSSR count). The summed E-state index contributed by atoms with van der Waals surface area (Å²) >= 11 is 1.70. The first-order valence-corrected chi connectivity index (χ1v) is 12.2. The van der Waals surface area contributed by atoms with Gasteiger partial charge in [-0.2, -0.15) is 5.10 Å². The summed E-state index contributed by atoms with van der Waals surface area (Å²) in [5, 5.41) is 14.5. The van der Waals surface area contributed by atoms with E-state index in [0.717, 1.165) is 50.9 Å². The van der Waals surface area contributed by atoms with Gasteiger partial charge in [0.05, 0.1) is 17.6 Å². The summed E-state index contributed by atoms with van der Waals surface area (Å²) < 4.78 is 0. The van der Waals surface area contributed by atoms with Crippen molar-refractivity contribution in [2.24, 2.45) is 0 Å². The van der Waals surface area contributed by atoms with Crippen LogP contribution in [-0.4, -0.2) is 36.0 Å². The summed E-state index contributed by atoms with van der Waals surface area (Å²) in [6, 6.07) is 12.2. The molecule has 9 heteroatoms. The summed E-state index contributed by atoms with van der Waals surface area (Å²) in [7, 11) is 0. The van der Waals surface area contributed by atoms with Crippen LogP contribution in [-0.2, 0) is 4.79 Å². The van der Waals surface area contributed by atoms with Crippen molar-refractivity contribution < 1.29 is 4.79 Å². The Morgan fingerprint density at radius 3 is 2.80 bits per heavy atom. The van der Waals surface area contributed by atoms with Crippen molar-refractivity contribution in [3.05, 3.63) is 66.6 Å². The molecule has 0 spiro atoms. The number of nitrogens with zero attached hydrogens (tertiary/aromatic N) is 4. The van der Waals surface area contributed by atoms with Crippen LogP contribution in [0.4, 0.5) is 5.69 Å². The number of carbonyl (C=O) groups excluding carboxylic acids is 1. The van der Waals surface area contributed by atoms with Gasteiger partial charge in [0, 0.05) is 57.4 Å². The number of amides is 1.